The fraction of sp³-hybridized carbons (Fsp3) is 0.167. The SMILES string of the molecule is COC(=O)c1ccc(CCNC(=O)c2cccc(S(=O)(=O)N(C)c3ccccc3)c2)cc1. The normalized spacial score (nSPS) is 10.9. The van der Waals surface area contributed by atoms with Crippen molar-refractivity contribution in [2.24, 2.45) is 0 Å². The molecule has 0 atom stereocenters. The molecule has 0 heterocycles. The number of carbonyl (C=O) groups is 2. The third kappa shape index (κ3) is 5.33. The Morgan fingerprint density at radius 1 is 0.906 bits per heavy atom. The molecule has 0 aromatic heterocycles. The molecule has 0 spiro atoms. The van der Waals surface area contributed by atoms with E-state index in [1.54, 1.807) is 60.7 Å². The molecule has 0 aliphatic rings. The van der Waals surface area contributed by atoms with Crippen LogP contribution in [0.15, 0.2) is 83.8 Å². The smallest absolute Gasteiger partial charge is 0.337 e. The van der Waals surface area contributed by atoms with Crippen LogP contribution in [0.4, 0.5) is 5.69 Å². The zero-order valence-electron chi connectivity index (χ0n) is 17.8. The number of methoxy groups -OCH3 is 1. The van der Waals surface area contributed by atoms with Gasteiger partial charge < -0.3 is 10.1 Å². The van der Waals surface area contributed by atoms with Crippen molar-refractivity contribution < 1.29 is 22.7 Å². The summed E-state index contributed by atoms with van der Waals surface area (Å²) in [7, 11) is -1.01. The van der Waals surface area contributed by atoms with Gasteiger partial charge in [0, 0.05) is 19.2 Å². The molecular formula is C24H24N2O5S. The topological polar surface area (TPSA) is 92.8 Å². The average Bonchev–Trinajstić information content (AvgIpc) is 2.84. The molecule has 1 amide bonds. The standard InChI is InChI=1S/C24H24N2O5S/c1-26(21-8-4-3-5-9-21)32(29,30)22-10-6-7-20(17-22)23(27)25-16-15-18-11-13-19(14-12-18)24(28)31-2/h3-14,17H,15-16H2,1-2H3,(H,25,27). The zero-order chi connectivity index (χ0) is 23.1. The number of sulfonamides is 1. The number of benzene rings is 3. The number of nitrogens with zero attached hydrogens (tertiary/aromatic N) is 1. The van der Waals surface area contributed by atoms with Crippen molar-refractivity contribution in [1.82, 2.24) is 5.32 Å². The summed E-state index contributed by atoms with van der Waals surface area (Å²) in [6, 6.07) is 21.6. The largest absolute Gasteiger partial charge is 0.465 e. The predicted octanol–water partition coefficient (Wildman–Crippen LogP) is 3.27. The van der Waals surface area contributed by atoms with Crippen molar-refractivity contribution in [3.63, 3.8) is 0 Å². The summed E-state index contributed by atoms with van der Waals surface area (Å²) in [5, 5.41) is 2.80. The molecule has 3 aromatic carbocycles. The Labute approximate surface area is 187 Å². The number of nitrogens with one attached hydrogen (secondary N) is 1. The lowest BCUT2D eigenvalue weighted by Crippen LogP contribution is -2.28. The molecule has 0 bridgehead atoms. The van der Waals surface area contributed by atoms with Crippen LogP contribution in [-0.4, -0.2) is 41.0 Å². The van der Waals surface area contributed by atoms with Gasteiger partial charge in [-0.25, -0.2) is 13.2 Å². The molecule has 0 aliphatic heterocycles. The van der Waals surface area contributed by atoms with Crippen LogP contribution in [0.25, 0.3) is 0 Å². The van der Waals surface area contributed by atoms with Gasteiger partial charge in [-0.15, -0.1) is 0 Å². The highest BCUT2D eigenvalue weighted by atomic mass is 32.2. The third-order valence-corrected chi connectivity index (χ3v) is 6.73. The number of ether oxygens (including phenoxy) is 1. The van der Waals surface area contributed by atoms with E-state index in [4.69, 9.17) is 0 Å². The Hall–Kier alpha value is -3.65. The fourth-order valence-corrected chi connectivity index (χ4v) is 4.32. The average molecular weight is 453 g/mol. The van der Waals surface area contributed by atoms with Crippen molar-refractivity contribution >= 4 is 27.6 Å². The molecule has 0 aliphatic carbocycles. The molecule has 0 saturated carbocycles. The van der Waals surface area contributed by atoms with Gasteiger partial charge in [-0.1, -0.05) is 36.4 Å². The van der Waals surface area contributed by atoms with E-state index in [1.165, 1.54) is 30.6 Å². The first-order valence-corrected chi connectivity index (χ1v) is 11.4. The first-order chi connectivity index (χ1) is 15.3. The molecule has 7 nitrogen and oxygen atoms in total. The number of esters is 1. The van der Waals surface area contributed by atoms with Crippen LogP contribution in [0.1, 0.15) is 26.3 Å². The number of hydrogen-bond acceptors (Lipinski definition) is 5. The van der Waals surface area contributed by atoms with E-state index in [0.717, 1.165) is 5.56 Å². The van der Waals surface area contributed by atoms with E-state index in [9.17, 15) is 18.0 Å². The van der Waals surface area contributed by atoms with E-state index in [0.29, 0.717) is 24.2 Å². The highest BCUT2D eigenvalue weighted by Gasteiger charge is 2.22. The van der Waals surface area contributed by atoms with Gasteiger partial charge in [-0.3, -0.25) is 9.10 Å². The van der Waals surface area contributed by atoms with E-state index in [1.807, 2.05) is 6.07 Å². The summed E-state index contributed by atoms with van der Waals surface area (Å²) >= 11 is 0. The Balaban J connectivity index is 1.64. The van der Waals surface area contributed by atoms with Crippen molar-refractivity contribution in [2.45, 2.75) is 11.3 Å². The zero-order valence-corrected chi connectivity index (χ0v) is 18.6. The maximum atomic E-state index is 13.0. The lowest BCUT2D eigenvalue weighted by atomic mass is 10.1. The highest BCUT2D eigenvalue weighted by Crippen LogP contribution is 2.22. The van der Waals surface area contributed by atoms with Crippen LogP contribution in [0.3, 0.4) is 0 Å². The maximum absolute atomic E-state index is 13.0. The summed E-state index contributed by atoms with van der Waals surface area (Å²) in [5.41, 5.74) is 2.19. The minimum absolute atomic E-state index is 0.0369. The highest BCUT2D eigenvalue weighted by molar-refractivity contribution is 7.92. The van der Waals surface area contributed by atoms with Gasteiger partial charge >= 0.3 is 5.97 Å². The molecule has 0 saturated heterocycles. The monoisotopic (exact) mass is 452 g/mol. The fourth-order valence-electron chi connectivity index (χ4n) is 3.08. The van der Waals surface area contributed by atoms with Crippen molar-refractivity contribution in [2.75, 3.05) is 25.0 Å². The number of rotatable bonds is 8. The van der Waals surface area contributed by atoms with Gasteiger partial charge in [0.05, 0.1) is 23.3 Å². The van der Waals surface area contributed by atoms with Crippen molar-refractivity contribution in [3.05, 3.63) is 95.6 Å². The van der Waals surface area contributed by atoms with E-state index < -0.39 is 16.0 Å². The second-order valence-electron chi connectivity index (χ2n) is 7.03. The summed E-state index contributed by atoms with van der Waals surface area (Å²) in [4.78, 5) is 24.1. The molecule has 0 radical (unpaired) electrons. The van der Waals surface area contributed by atoms with Crippen LogP contribution < -0.4 is 9.62 Å². The molecule has 3 rings (SSSR count). The van der Waals surface area contributed by atoms with Crippen LogP contribution in [0.2, 0.25) is 0 Å². The van der Waals surface area contributed by atoms with Crippen LogP contribution >= 0.6 is 0 Å². The Kier molecular flexibility index (Phi) is 7.27. The molecular weight excluding hydrogens is 428 g/mol. The Morgan fingerprint density at radius 3 is 2.25 bits per heavy atom. The third-order valence-electron chi connectivity index (χ3n) is 4.95. The van der Waals surface area contributed by atoms with Gasteiger partial charge in [-0.2, -0.15) is 0 Å². The lowest BCUT2D eigenvalue weighted by molar-refractivity contribution is 0.0600. The van der Waals surface area contributed by atoms with Gasteiger partial charge in [0.2, 0.25) is 0 Å². The molecule has 3 aromatic rings. The molecule has 0 fully saturated rings. The summed E-state index contributed by atoms with van der Waals surface area (Å²) in [6.07, 6.45) is 0.557. The molecule has 0 unspecified atom stereocenters. The van der Waals surface area contributed by atoms with Gasteiger partial charge in [0.1, 0.15) is 0 Å². The number of carbonyl (C=O) groups excluding carboxylic acids is 2. The Bertz CT molecular complexity index is 1190. The summed E-state index contributed by atoms with van der Waals surface area (Å²) in [5.74, 6) is -0.770. The minimum Gasteiger partial charge on any atom is -0.465 e. The van der Waals surface area contributed by atoms with Gasteiger partial charge in [0.25, 0.3) is 15.9 Å². The minimum atomic E-state index is -3.81. The number of amides is 1. The van der Waals surface area contributed by atoms with E-state index in [2.05, 4.69) is 10.1 Å². The number of anilines is 1. The Morgan fingerprint density at radius 2 is 1.59 bits per heavy atom. The molecule has 166 valence electrons. The first kappa shape index (κ1) is 23.0. The summed E-state index contributed by atoms with van der Waals surface area (Å²) < 4.78 is 31.8. The quantitative estimate of drug-likeness (QED) is 0.530. The second-order valence-corrected chi connectivity index (χ2v) is 9.00. The predicted molar refractivity (Wildman–Crippen MR) is 122 cm³/mol. The van der Waals surface area contributed by atoms with Crippen molar-refractivity contribution in [3.8, 4) is 0 Å². The van der Waals surface area contributed by atoms with Crippen LogP contribution in [0, 0.1) is 0 Å². The number of para-hydroxylation sites is 1. The number of hydrogen-bond donors (Lipinski definition) is 1. The van der Waals surface area contributed by atoms with Crippen LogP contribution in [0.5, 0.6) is 0 Å². The molecule has 8 heteroatoms. The summed E-state index contributed by atoms with van der Waals surface area (Å²) in [6.45, 7) is 0.358. The molecule has 1 N–H and O–H groups in total. The second kappa shape index (κ2) is 10.1. The maximum Gasteiger partial charge on any atom is 0.337 e. The van der Waals surface area contributed by atoms with E-state index >= 15 is 0 Å². The van der Waals surface area contributed by atoms with E-state index in [-0.39, 0.29) is 16.4 Å². The molecule has 32 heavy (non-hydrogen) atoms. The van der Waals surface area contributed by atoms with Crippen molar-refractivity contribution in [1.29, 1.82) is 0 Å². The van der Waals surface area contributed by atoms with Gasteiger partial charge in [0.15, 0.2) is 0 Å². The lowest BCUT2D eigenvalue weighted by Gasteiger charge is -2.19. The van der Waals surface area contributed by atoms with Gasteiger partial charge in [-0.05, 0) is 54.4 Å². The first-order valence-electron chi connectivity index (χ1n) is 9.92. The van der Waals surface area contributed by atoms with Crippen LogP contribution in [-0.2, 0) is 21.2 Å².